The number of urea groups is 1. The largest absolute Gasteiger partial charge is 1.00 e. The molecular weight excluding hydrogens is 489 g/mol. The molecule has 0 unspecified atom stereocenters. The zero-order valence-corrected chi connectivity index (χ0v) is 23.3. The standard InChI is InChI=1S/C25H27N5O4S.Na.H/c1-34-22-13-16(9-11-26-22)21-14-20(15-5-6-15)18-3-2-4-19(18)24(21)27-25(31)29-35(32,33)23-10-12-30(28-23)17-7-8-17;;/h9-15,17H,2-8H2,1H3,(H2,27,29,31);;/q;+1;-1. The van der Waals surface area contributed by atoms with Crippen molar-refractivity contribution in [1.82, 2.24) is 19.5 Å². The van der Waals surface area contributed by atoms with E-state index in [4.69, 9.17) is 4.74 Å². The van der Waals surface area contributed by atoms with E-state index >= 15 is 0 Å². The smallest absolute Gasteiger partial charge is 1.00 e. The molecule has 2 aromatic heterocycles. The number of hydrogen-bond donors (Lipinski definition) is 2. The third-order valence-electron chi connectivity index (χ3n) is 6.96. The fourth-order valence-corrected chi connectivity index (χ4v) is 5.79. The molecule has 3 aliphatic rings. The zero-order chi connectivity index (χ0) is 24.2. The summed E-state index contributed by atoms with van der Waals surface area (Å²) in [5.41, 5.74) is 6.07. The third-order valence-corrected chi connectivity index (χ3v) is 8.18. The van der Waals surface area contributed by atoms with E-state index < -0.39 is 16.1 Å². The Morgan fingerprint density at radius 3 is 2.64 bits per heavy atom. The maximum atomic E-state index is 13.0. The first-order chi connectivity index (χ1) is 16.9. The quantitative estimate of drug-likeness (QED) is 0.457. The molecule has 2 amide bonds. The van der Waals surface area contributed by atoms with Crippen LogP contribution in [-0.4, -0.2) is 36.3 Å². The van der Waals surface area contributed by atoms with Crippen molar-refractivity contribution in [1.29, 1.82) is 0 Å². The Morgan fingerprint density at radius 2 is 1.92 bits per heavy atom. The number of nitrogens with zero attached hydrogens (tertiary/aromatic N) is 3. The molecule has 0 spiro atoms. The molecule has 0 atom stereocenters. The van der Waals surface area contributed by atoms with Gasteiger partial charge in [-0.2, -0.15) is 13.5 Å². The number of carbonyl (C=O) groups is 1. The number of pyridine rings is 1. The van der Waals surface area contributed by atoms with Gasteiger partial charge in [-0.15, -0.1) is 0 Å². The second-order valence-electron chi connectivity index (χ2n) is 9.48. The number of hydrogen-bond acceptors (Lipinski definition) is 6. The number of fused-ring (bicyclic) bond motifs is 1. The number of nitrogens with one attached hydrogen (secondary N) is 2. The fourth-order valence-electron chi connectivity index (χ4n) is 4.95. The predicted molar refractivity (Wildman–Crippen MR) is 131 cm³/mol. The van der Waals surface area contributed by atoms with Gasteiger partial charge in [0.25, 0.3) is 10.0 Å². The van der Waals surface area contributed by atoms with Gasteiger partial charge in [0.15, 0.2) is 5.03 Å². The first-order valence-electron chi connectivity index (χ1n) is 12.0. The molecule has 36 heavy (non-hydrogen) atoms. The molecular formula is C25H28N5NaO4S. The molecule has 184 valence electrons. The zero-order valence-electron chi connectivity index (χ0n) is 21.5. The van der Waals surface area contributed by atoms with E-state index in [9.17, 15) is 13.2 Å². The van der Waals surface area contributed by atoms with Crippen LogP contribution < -0.4 is 44.3 Å². The first-order valence-corrected chi connectivity index (χ1v) is 13.5. The van der Waals surface area contributed by atoms with E-state index in [0.717, 1.165) is 48.8 Å². The van der Waals surface area contributed by atoms with Crippen molar-refractivity contribution in [2.75, 3.05) is 12.4 Å². The summed E-state index contributed by atoms with van der Waals surface area (Å²) >= 11 is 0. The first kappa shape index (κ1) is 25.3. The third kappa shape index (κ3) is 4.91. The van der Waals surface area contributed by atoms with Gasteiger partial charge in [-0.1, -0.05) is 0 Å². The summed E-state index contributed by atoms with van der Waals surface area (Å²) in [5.74, 6) is 1.02. The van der Waals surface area contributed by atoms with E-state index in [1.807, 2.05) is 12.1 Å². The second kappa shape index (κ2) is 9.81. The Kier molecular flexibility index (Phi) is 6.88. The number of anilines is 1. The van der Waals surface area contributed by atoms with E-state index in [2.05, 4.69) is 26.2 Å². The minimum absolute atomic E-state index is 0. The molecule has 6 rings (SSSR count). The Balaban J connectivity index is 0.00000160. The van der Waals surface area contributed by atoms with E-state index in [1.54, 1.807) is 24.2 Å². The maximum absolute atomic E-state index is 13.0. The second-order valence-corrected chi connectivity index (χ2v) is 11.1. The molecule has 0 aliphatic heterocycles. The Hall–Kier alpha value is -2.40. The topological polar surface area (TPSA) is 115 Å². The van der Waals surface area contributed by atoms with Crippen LogP contribution in [0.5, 0.6) is 5.88 Å². The Morgan fingerprint density at radius 1 is 1.14 bits per heavy atom. The number of amides is 2. The summed E-state index contributed by atoms with van der Waals surface area (Å²) in [5, 5.41) is 6.87. The fraction of sp³-hybridized carbons (Fsp3) is 0.400. The van der Waals surface area contributed by atoms with E-state index in [0.29, 0.717) is 17.5 Å². The number of carbonyl (C=O) groups excluding carboxylic acids is 1. The summed E-state index contributed by atoms with van der Waals surface area (Å²) in [6.45, 7) is 0. The van der Waals surface area contributed by atoms with Gasteiger partial charge in [-0.05, 0) is 91.3 Å². The molecule has 3 aliphatic carbocycles. The minimum Gasteiger partial charge on any atom is -1.00 e. The molecule has 2 fully saturated rings. The van der Waals surface area contributed by atoms with Gasteiger partial charge in [-0.3, -0.25) is 4.68 Å². The van der Waals surface area contributed by atoms with Crippen LogP contribution >= 0.6 is 0 Å². The van der Waals surface area contributed by atoms with Crippen molar-refractivity contribution in [2.45, 2.75) is 61.9 Å². The average molecular weight is 518 g/mol. The van der Waals surface area contributed by atoms with Gasteiger partial charge in [0.2, 0.25) is 5.88 Å². The average Bonchev–Trinajstić information content (AvgIpc) is 3.77. The number of sulfonamides is 1. The maximum Gasteiger partial charge on any atom is 1.00 e. The van der Waals surface area contributed by atoms with Crippen molar-refractivity contribution in [3.8, 4) is 17.0 Å². The van der Waals surface area contributed by atoms with Crippen molar-refractivity contribution < 1.29 is 48.9 Å². The predicted octanol–water partition coefficient (Wildman–Crippen LogP) is 1.28. The number of aromatic nitrogens is 3. The molecule has 9 nitrogen and oxygen atoms in total. The van der Waals surface area contributed by atoms with E-state index in [-0.39, 0.29) is 42.1 Å². The van der Waals surface area contributed by atoms with Crippen molar-refractivity contribution in [2.24, 2.45) is 0 Å². The van der Waals surface area contributed by atoms with Gasteiger partial charge < -0.3 is 11.5 Å². The van der Waals surface area contributed by atoms with Crippen molar-refractivity contribution in [3.05, 3.63) is 53.3 Å². The Bertz CT molecular complexity index is 1440. The molecule has 0 bridgehead atoms. The summed E-state index contributed by atoms with van der Waals surface area (Å²) in [6.07, 6.45) is 10.4. The van der Waals surface area contributed by atoms with Crippen molar-refractivity contribution >= 4 is 21.7 Å². The molecule has 2 heterocycles. The van der Waals surface area contributed by atoms with Crippen molar-refractivity contribution in [3.63, 3.8) is 0 Å². The van der Waals surface area contributed by atoms with Crippen LogP contribution in [0.15, 0.2) is 41.7 Å². The van der Waals surface area contributed by atoms with Gasteiger partial charge >= 0.3 is 35.6 Å². The monoisotopic (exact) mass is 517 g/mol. The molecule has 11 heteroatoms. The number of benzene rings is 1. The van der Waals surface area contributed by atoms with Crippen LogP contribution in [0.4, 0.5) is 10.5 Å². The molecule has 1 aromatic carbocycles. The molecule has 2 saturated carbocycles. The SMILES string of the molecule is COc1cc(-c2cc(C3CC3)c3c(c2NC(=O)NS(=O)(=O)c2ccn(C4CC4)n2)CCC3)ccn1.[H-].[Na+]. The van der Waals surface area contributed by atoms with Crippen LogP contribution in [-0.2, 0) is 22.9 Å². The molecule has 0 saturated heterocycles. The van der Waals surface area contributed by atoms with Crippen LogP contribution in [0, 0.1) is 0 Å². The summed E-state index contributed by atoms with van der Waals surface area (Å²) < 4.78 is 34.8. The van der Waals surface area contributed by atoms with Crippen LogP contribution in [0.2, 0.25) is 0 Å². The van der Waals surface area contributed by atoms with Gasteiger partial charge in [0.1, 0.15) is 0 Å². The molecule has 3 aromatic rings. The van der Waals surface area contributed by atoms with Crippen LogP contribution in [0.25, 0.3) is 11.1 Å². The number of rotatable bonds is 7. The number of ether oxygens (including phenoxy) is 1. The summed E-state index contributed by atoms with van der Waals surface area (Å²) in [7, 11) is -2.54. The number of methoxy groups -OCH3 is 1. The van der Waals surface area contributed by atoms with Gasteiger partial charge in [-0.25, -0.2) is 14.5 Å². The molecule has 0 radical (unpaired) electrons. The Labute approximate surface area is 233 Å². The van der Waals surface area contributed by atoms with Crippen LogP contribution in [0.3, 0.4) is 0 Å². The summed E-state index contributed by atoms with van der Waals surface area (Å²) in [4.78, 5) is 17.2. The normalized spacial score (nSPS) is 16.7. The molecule has 2 N–H and O–H groups in total. The van der Waals surface area contributed by atoms with Crippen LogP contribution in [0.1, 0.15) is 62.2 Å². The van der Waals surface area contributed by atoms with E-state index in [1.165, 1.54) is 30.0 Å². The van der Waals surface area contributed by atoms with Gasteiger partial charge in [0.05, 0.1) is 18.8 Å². The van der Waals surface area contributed by atoms with Gasteiger partial charge in [0, 0.05) is 24.0 Å². The summed E-state index contributed by atoms with van der Waals surface area (Å²) in [6, 6.07) is 6.72. The minimum atomic E-state index is -4.10.